The molecule has 0 unspecified atom stereocenters. The highest BCUT2D eigenvalue weighted by Crippen LogP contribution is 2.59. The van der Waals surface area contributed by atoms with Crippen LogP contribution in [0.4, 0.5) is 0 Å². The van der Waals surface area contributed by atoms with Gasteiger partial charge >= 0.3 is 0 Å². The molecule has 2 aliphatic carbocycles. The number of nitrogens with one attached hydrogen (secondary N) is 1. The summed E-state index contributed by atoms with van der Waals surface area (Å²) in [6, 6.07) is 6.53. The van der Waals surface area contributed by atoms with E-state index in [0.717, 1.165) is 31.6 Å². The fourth-order valence-electron chi connectivity index (χ4n) is 5.35. The van der Waals surface area contributed by atoms with Crippen LogP contribution in [0, 0.1) is 0 Å². The van der Waals surface area contributed by atoms with E-state index in [1.54, 1.807) is 7.11 Å². The topological polar surface area (TPSA) is 47.6 Å². The van der Waals surface area contributed by atoms with Gasteiger partial charge in [0.15, 0.2) is 0 Å². The smallest absolute Gasteiger partial charge is 0.134 e. The summed E-state index contributed by atoms with van der Waals surface area (Å²) in [6.45, 7) is 0.931. The minimum atomic E-state index is -0.291. The van der Waals surface area contributed by atoms with Crippen LogP contribution in [0.25, 0.3) is 0 Å². The first-order chi connectivity index (χ1) is 10.7. The Labute approximate surface area is 131 Å². The zero-order valence-electron chi connectivity index (χ0n) is 13.3. The van der Waals surface area contributed by atoms with Crippen molar-refractivity contribution in [1.82, 2.24) is 5.32 Å². The van der Waals surface area contributed by atoms with Gasteiger partial charge in [-0.3, -0.25) is 4.79 Å². The van der Waals surface area contributed by atoms with Gasteiger partial charge in [-0.2, -0.15) is 0 Å². The molecule has 3 aliphatic rings. The second kappa shape index (κ2) is 4.80. The number of hydrogen-bond donors (Lipinski definition) is 1. The highest BCUT2D eigenvalue weighted by Gasteiger charge is 2.64. The highest BCUT2D eigenvalue weighted by atomic mass is 16.5. The lowest BCUT2D eigenvalue weighted by molar-refractivity contribution is -0.161. The lowest BCUT2D eigenvalue weighted by atomic mass is 9.49. The zero-order valence-corrected chi connectivity index (χ0v) is 13.3. The molecule has 1 heterocycles. The average Bonchev–Trinajstić information content (AvgIpc) is 2.53. The Morgan fingerprint density at radius 2 is 2.14 bits per heavy atom. The van der Waals surface area contributed by atoms with Crippen molar-refractivity contribution < 1.29 is 14.3 Å². The van der Waals surface area contributed by atoms with Gasteiger partial charge in [0.25, 0.3) is 0 Å². The summed E-state index contributed by atoms with van der Waals surface area (Å²) >= 11 is 0. The van der Waals surface area contributed by atoms with Crippen LogP contribution >= 0.6 is 0 Å². The fourth-order valence-corrected chi connectivity index (χ4v) is 5.35. The summed E-state index contributed by atoms with van der Waals surface area (Å²) < 4.78 is 11.9. The van der Waals surface area contributed by atoms with E-state index in [1.807, 2.05) is 13.2 Å². The lowest BCUT2D eigenvalue weighted by Crippen LogP contribution is -2.73. The van der Waals surface area contributed by atoms with Crippen LogP contribution in [0.1, 0.15) is 36.8 Å². The molecule has 1 aliphatic heterocycles. The molecule has 1 aromatic carbocycles. The number of fused-ring (bicyclic) bond motifs is 1. The van der Waals surface area contributed by atoms with E-state index in [9.17, 15) is 4.79 Å². The largest absolute Gasteiger partial charge is 0.496 e. The van der Waals surface area contributed by atoms with Gasteiger partial charge in [0, 0.05) is 37.0 Å². The van der Waals surface area contributed by atoms with Crippen molar-refractivity contribution in [2.45, 2.75) is 49.2 Å². The van der Waals surface area contributed by atoms with Crippen molar-refractivity contribution in [2.24, 2.45) is 0 Å². The van der Waals surface area contributed by atoms with Gasteiger partial charge in [0.2, 0.25) is 0 Å². The number of benzene rings is 1. The molecule has 0 spiro atoms. The van der Waals surface area contributed by atoms with Gasteiger partial charge in [-0.25, -0.2) is 0 Å². The van der Waals surface area contributed by atoms with E-state index in [1.165, 1.54) is 11.1 Å². The van der Waals surface area contributed by atoms with Crippen molar-refractivity contribution in [2.75, 3.05) is 20.8 Å². The number of carbonyl (C=O) groups is 1. The van der Waals surface area contributed by atoms with Crippen LogP contribution in [0.2, 0.25) is 0 Å². The Morgan fingerprint density at radius 1 is 1.27 bits per heavy atom. The molecule has 0 amide bonds. The second-order valence-electron chi connectivity index (χ2n) is 6.85. The molecule has 3 atom stereocenters. The molecule has 4 heteroatoms. The Morgan fingerprint density at radius 3 is 2.91 bits per heavy atom. The molecule has 1 aromatic rings. The molecule has 0 radical (unpaired) electrons. The molecule has 0 aromatic heterocycles. The Kier molecular flexibility index (Phi) is 3.10. The number of methoxy groups -OCH3 is 2. The molecular formula is C18H23NO3. The summed E-state index contributed by atoms with van der Waals surface area (Å²) in [5, 5.41) is 3.65. The standard InChI is InChI=1S/C18H23NO3/c1-21-14-5-3-4-12-10-15-18(22-2)7-6-13(20)11-17(18,16(12)14)8-9-19-15/h3-5,15,19H,6-11H2,1-2H3/t15-,17-,18-/m1/s1. The fraction of sp³-hybridized carbons (Fsp3) is 0.611. The van der Waals surface area contributed by atoms with Gasteiger partial charge in [-0.1, -0.05) is 12.1 Å². The van der Waals surface area contributed by atoms with Crippen molar-refractivity contribution in [1.29, 1.82) is 0 Å². The predicted molar refractivity (Wildman–Crippen MR) is 83.4 cm³/mol. The maximum Gasteiger partial charge on any atom is 0.134 e. The van der Waals surface area contributed by atoms with Crippen LogP contribution in [-0.2, 0) is 21.4 Å². The first-order valence-corrected chi connectivity index (χ1v) is 8.13. The van der Waals surface area contributed by atoms with Gasteiger partial charge in [0.05, 0.1) is 12.7 Å². The number of Topliss-reactive ketones (excluding diaryl/α,β-unsaturated/α-hetero) is 1. The molecule has 4 nitrogen and oxygen atoms in total. The number of carbonyl (C=O) groups excluding carboxylic acids is 1. The lowest BCUT2D eigenvalue weighted by Gasteiger charge is -2.62. The summed E-state index contributed by atoms with van der Waals surface area (Å²) in [7, 11) is 3.53. The molecule has 4 rings (SSSR count). The minimum absolute atomic E-state index is 0.243. The Balaban J connectivity index is 2.01. The summed E-state index contributed by atoms with van der Waals surface area (Å²) in [6.07, 6.45) is 3.87. The normalized spacial score (nSPS) is 36.5. The first-order valence-electron chi connectivity index (χ1n) is 8.13. The molecular weight excluding hydrogens is 278 g/mol. The Bertz CT molecular complexity index is 629. The van der Waals surface area contributed by atoms with Crippen LogP contribution in [0.3, 0.4) is 0 Å². The SMILES string of the molecule is COc1cccc2c1[C@]13CCN[C@H](C2)[C@]1(OC)CCC(=O)C3. The third-order valence-corrected chi connectivity index (χ3v) is 6.19. The molecule has 1 N–H and O–H groups in total. The minimum Gasteiger partial charge on any atom is -0.496 e. The second-order valence-corrected chi connectivity index (χ2v) is 6.85. The van der Waals surface area contributed by atoms with E-state index in [2.05, 4.69) is 17.4 Å². The molecule has 1 saturated heterocycles. The van der Waals surface area contributed by atoms with E-state index in [0.29, 0.717) is 18.6 Å². The van der Waals surface area contributed by atoms with Crippen LogP contribution in [0.15, 0.2) is 18.2 Å². The number of ether oxygens (including phenoxy) is 2. The van der Waals surface area contributed by atoms with Gasteiger partial charge in [0.1, 0.15) is 11.5 Å². The first kappa shape index (κ1) is 14.2. The maximum atomic E-state index is 12.4. The van der Waals surface area contributed by atoms with E-state index < -0.39 is 0 Å². The van der Waals surface area contributed by atoms with Gasteiger partial charge in [-0.15, -0.1) is 0 Å². The van der Waals surface area contributed by atoms with Gasteiger partial charge < -0.3 is 14.8 Å². The Hall–Kier alpha value is -1.39. The van der Waals surface area contributed by atoms with Crippen molar-refractivity contribution in [3.63, 3.8) is 0 Å². The maximum absolute atomic E-state index is 12.4. The quantitative estimate of drug-likeness (QED) is 0.907. The van der Waals surface area contributed by atoms with Gasteiger partial charge in [-0.05, 0) is 37.4 Å². The molecule has 2 fully saturated rings. The molecule has 1 saturated carbocycles. The van der Waals surface area contributed by atoms with Crippen LogP contribution in [-0.4, -0.2) is 38.2 Å². The van der Waals surface area contributed by atoms with Crippen molar-refractivity contribution >= 4 is 5.78 Å². The number of rotatable bonds is 2. The monoisotopic (exact) mass is 301 g/mol. The average molecular weight is 301 g/mol. The summed E-state index contributed by atoms with van der Waals surface area (Å²) in [4.78, 5) is 12.4. The summed E-state index contributed by atoms with van der Waals surface area (Å²) in [5.74, 6) is 1.26. The van der Waals surface area contributed by atoms with E-state index >= 15 is 0 Å². The highest BCUT2D eigenvalue weighted by molar-refractivity contribution is 5.83. The molecule has 22 heavy (non-hydrogen) atoms. The van der Waals surface area contributed by atoms with E-state index in [4.69, 9.17) is 9.47 Å². The zero-order chi connectivity index (χ0) is 15.4. The van der Waals surface area contributed by atoms with Crippen LogP contribution < -0.4 is 10.1 Å². The molecule has 2 bridgehead atoms. The van der Waals surface area contributed by atoms with Crippen molar-refractivity contribution in [3.05, 3.63) is 29.3 Å². The summed E-state index contributed by atoms with van der Waals surface area (Å²) in [5.41, 5.74) is 2.00. The van der Waals surface area contributed by atoms with Crippen molar-refractivity contribution in [3.8, 4) is 5.75 Å². The molecule has 118 valence electrons. The van der Waals surface area contributed by atoms with Crippen LogP contribution in [0.5, 0.6) is 5.75 Å². The number of piperidine rings is 1. The number of ketones is 1. The predicted octanol–water partition coefficient (Wildman–Crippen LogP) is 1.99. The third-order valence-electron chi connectivity index (χ3n) is 6.19. The third kappa shape index (κ3) is 1.57. The number of hydrogen-bond acceptors (Lipinski definition) is 4. The van der Waals surface area contributed by atoms with E-state index in [-0.39, 0.29) is 17.1 Å².